The molecule has 0 spiro atoms. The average molecular weight is 381 g/mol. The first-order chi connectivity index (χ1) is 13.2. The Balaban J connectivity index is 1.87. The molecule has 3 aromatic rings. The van der Waals surface area contributed by atoms with Crippen molar-refractivity contribution in [3.05, 3.63) is 82.0 Å². The minimum Gasteiger partial charge on any atom is -0.490 e. The molecule has 3 rings (SSSR count). The SMILES string of the molecule is CCOc1ccc(C(=O)NC(c2ccccc2)c2cccs2)cc1OCC. The van der Waals surface area contributed by atoms with Crippen molar-refractivity contribution >= 4 is 17.2 Å². The predicted molar refractivity (Wildman–Crippen MR) is 109 cm³/mol. The molecule has 140 valence electrons. The molecule has 0 aliphatic rings. The maximum absolute atomic E-state index is 12.9. The van der Waals surface area contributed by atoms with E-state index in [9.17, 15) is 4.79 Å². The minimum absolute atomic E-state index is 0.152. The zero-order chi connectivity index (χ0) is 19.1. The van der Waals surface area contributed by atoms with Gasteiger partial charge in [-0.05, 0) is 49.1 Å². The van der Waals surface area contributed by atoms with Gasteiger partial charge < -0.3 is 14.8 Å². The number of nitrogens with one attached hydrogen (secondary N) is 1. The molecule has 0 aliphatic heterocycles. The summed E-state index contributed by atoms with van der Waals surface area (Å²) in [5.41, 5.74) is 1.59. The Bertz CT molecular complexity index is 863. The number of carbonyl (C=O) groups is 1. The number of thiophene rings is 1. The normalized spacial score (nSPS) is 11.6. The average Bonchev–Trinajstić information content (AvgIpc) is 3.23. The quantitative estimate of drug-likeness (QED) is 0.593. The Labute approximate surface area is 163 Å². The summed E-state index contributed by atoms with van der Waals surface area (Å²) in [7, 11) is 0. The molecule has 1 heterocycles. The van der Waals surface area contributed by atoms with Gasteiger partial charge in [0.1, 0.15) is 0 Å². The van der Waals surface area contributed by atoms with Crippen LogP contribution in [0.15, 0.2) is 66.0 Å². The summed E-state index contributed by atoms with van der Waals surface area (Å²) < 4.78 is 11.2. The van der Waals surface area contributed by atoms with E-state index >= 15 is 0 Å². The molecule has 0 saturated carbocycles. The van der Waals surface area contributed by atoms with Gasteiger partial charge in [-0.15, -0.1) is 11.3 Å². The van der Waals surface area contributed by atoms with Crippen LogP contribution in [0, 0.1) is 0 Å². The number of hydrogen-bond acceptors (Lipinski definition) is 4. The standard InChI is InChI=1S/C22H23NO3S/c1-3-25-18-13-12-17(15-19(18)26-4-2)22(24)23-21(20-11-8-14-27-20)16-9-6-5-7-10-16/h5-15,21H,3-4H2,1-2H3,(H,23,24). The van der Waals surface area contributed by atoms with E-state index in [0.717, 1.165) is 10.4 Å². The van der Waals surface area contributed by atoms with E-state index in [1.165, 1.54) is 0 Å². The summed E-state index contributed by atoms with van der Waals surface area (Å²) in [5, 5.41) is 5.16. The summed E-state index contributed by atoms with van der Waals surface area (Å²) in [5.74, 6) is 1.08. The third kappa shape index (κ3) is 4.68. The van der Waals surface area contributed by atoms with Crippen LogP contribution in [0.1, 0.15) is 40.7 Å². The van der Waals surface area contributed by atoms with Gasteiger partial charge in [-0.2, -0.15) is 0 Å². The number of benzene rings is 2. The molecule has 1 amide bonds. The molecule has 0 aliphatic carbocycles. The summed E-state index contributed by atoms with van der Waals surface area (Å²) >= 11 is 1.62. The zero-order valence-corrected chi connectivity index (χ0v) is 16.3. The number of hydrogen-bond donors (Lipinski definition) is 1. The van der Waals surface area contributed by atoms with Gasteiger partial charge in [0.2, 0.25) is 0 Å². The van der Waals surface area contributed by atoms with Gasteiger partial charge in [-0.1, -0.05) is 36.4 Å². The van der Waals surface area contributed by atoms with Crippen LogP contribution in [0.4, 0.5) is 0 Å². The molecule has 4 nitrogen and oxygen atoms in total. The molecule has 0 radical (unpaired) electrons. The highest BCUT2D eigenvalue weighted by atomic mass is 32.1. The molecular formula is C22H23NO3S. The van der Waals surface area contributed by atoms with E-state index in [1.54, 1.807) is 29.5 Å². The smallest absolute Gasteiger partial charge is 0.252 e. The van der Waals surface area contributed by atoms with Gasteiger partial charge >= 0.3 is 0 Å². The van der Waals surface area contributed by atoms with E-state index in [0.29, 0.717) is 30.3 Å². The summed E-state index contributed by atoms with van der Waals surface area (Å²) in [6.45, 7) is 4.87. The Morgan fingerprint density at radius 3 is 2.37 bits per heavy atom. The van der Waals surface area contributed by atoms with Gasteiger partial charge in [0, 0.05) is 10.4 Å². The highest BCUT2D eigenvalue weighted by molar-refractivity contribution is 7.10. The molecule has 1 atom stereocenters. The first-order valence-electron chi connectivity index (χ1n) is 9.01. The van der Waals surface area contributed by atoms with Crippen LogP contribution in [0.5, 0.6) is 11.5 Å². The maximum Gasteiger partial charge on any atom is 0.252 e. The lowest BCUT2D eigenvalue weighted by molar-refractivity contribution is 0.0943. The highest BCUT2D eigenvalue weighted by Gasteiger charge is 2.19. The van der Waals surface area contributed by atoms with E-state index in [-0.39, 0.29) is 11.9 Å². The van der Waals surface area contributed by atoms with Crippen molar-refractivity contribution in [2.45, 2.75) is 19.9 Å². The van der Waals surface area contributed by atoms with Crippen molar-refractivity contribution in [1.29, 1.82) is 0 Å². The van der Waals surface area contributed by atoms with Crippen LogP contribution < -0.4 is 14.8 Å². The Morgan fingerprint density at radius 1 is 0.963 bits per heavy atom. The first-order valence-corrected chi connectivity index (χ1v) is 9.89. The van der Waals surface area contributed by atoms with Crippen LogP contribution in [-0.4, -0.2) is 19.1 Å². The molecule has 1 unspecified atom stereocenters. The summed E-state index contributed by atoms with van der Waals surface area (Å²) in [6.07, 6.45) is 0. The van der Waals surface area contributed by atoms with Gasteiger partial charge in [0.25, 0.3) is 5.91 Å². The first kappa shape index (κ1) is 19.0. The van der Waals surface area contributed by atoms with Crippen molar-refractivity contribution < 1.29 is 14.3 Å². The largest absolute Gasteiger partial charge is 0.490 e. The predicted octanol–water partition coefficient (Wildman–Crippen LogP) is 5.06. The molecule has 5 heteroatoms. The van der Waals surface area contributed by atoms with E-state index in [1.807, 2.05) is 61.7 Å². The summed E-state index contributed by atoms with van der Waals surface area (Å²) in [6, 6.07) is 19.1. The molecule has 0 saturated heterocycles. The number of carbonyl (C=O) groups excluding carboxylic acids is 1. The van der Waals surface area contributed by atoms with Crippen LogP contribution in [0.2, 0.25) is 0 Å². The highest BCUT2D eigenvalue weighted by Crippen LogP contribution is 2.30. The second kappa shape index (κ2) is 9.24. The Hall–Kier alpha value is -2.79. The molecule has 2 aromatic carbocycles. The Kier molecular flexibility index (Phi) is 6.49. The molecule has 1 N–H and O–H groups in total. The molecule has 0 fully saturated rings. The maximum atomic E-state index is 12.9. The second-order valence-corrected chi connectivity index (χ2v) is 6.84. The lowest BCUT2D eigenvalue weighted by Crippen LogP contribution is -2.28. The lowest BCUT2D eigenvalue weighted by Gasteiger charge is -2.19. The van der Waals surface area contributed by atoms with Crippen LogP contribution in [0.25, 0.3) is 0 Å². The molecule has 27 heavy (non-hydrogen) atoms. The van der Waals surface area contributed by atoms with Crippen molar-refractivity contribution in [3.8, 4) is 11.5 Å². The lowest BCUT2D eigenvalue weighted by atomic mass is 10.0. The summed E-state index contributed by atoms with van der Waals surface area (Å²) in [4.78, 5) is 14.0. The number of rotatable bonds is 8. The van der Waals surface area contributed by atoms with Crippen LogP contribution in [-0.2, 0) is 0 Å². The monoisotopic (exact) mass is 381 g/mol. The third-order valence-electron chi connectivity index (χ3n) is 4.04. The van der Waals surface area contributed by atoms with Crippen molar-refractivity contribution in [3.63, 3.8) is 0 Å². The molecule has 1 aromatic heterocycles. The van der Waals surface area contributed by atoms with Crippen molar-refractivity contribution in [2.24, 2.45) is 0 Å². The van der Waals surface area contributed by atoms with Crippen molar-refractivity contribution in [2.75, 3.05) is 13.2 Å². The molecule has 0 bridgehead atoms. The zero-order valence-electron chi connectivity index (χ0n) is 15.5. The Morgan fingerprint density at radius 2 is 1.70 bits per heavy atom. The fourth-order valence-corrected chi connectivity index (χ4v) is 3.63. The van der Waals surface area contributed by atoms with Gasteiger partial charge in [-0.3, -0.25) is 4.79 Å². The van der Waals surface area contributed by atoms with Gasteiger partial charge in [0.15, 0.2) is 11.5 Å². The van der Waals surface area contributed by atoms with Crippen LogP contribution in [0.3, 0.4) is 0 Å². The van der Waals surface area contributed by atoms with E-state index in [4.69, 9.17) is 9.47 Å². The topological polar surface area (TPSA) is 47.6 Å². The van der Waals surface area contributed by atoms with E-state index < -0.39 is 0 Å². The number of ether oxygens (including phenoxy) is 2. The molecular weight excluding hydrogens is 358 g/mol. The van der Waals surface area contributed by atoms with Crippen LogP contribution >= 0.6 is 11.3 Å². The van der Waals surface area contributed by atoms with Gasteiger partial charge in [0.05, 0.1) is 19.3 Å². The third-order valence-corrected chi connectivity index (χ3v) is 4.98. The fraction of sp³-hybridized carbons (Fsp3) is 0.227. The van der Waals surface area contributed by atoms with Crippen molar-refractivity contribution in [1.82, 2.24) is 5.32 Å². The van der Waals surface area contributed by atoms with E-state index in [2.05, 4.69) is 5.32 Å². The second-order valence-electron chi connectivity index (χ2n) is 5.86. The minimum atomic E-state index is -0.194. The fourth-order valence-electron chi connectivity index (χ4n) is 2.83. The van der Waals surface area contributed by atoms with Gasteiger partial charge in [-0.25, -0.2) is 0 Å². The number of amides is 1.